The minimum atomic E-state index is 0. The first-order chi connectivity index (χ1) is 11.1. The van der Waals surface area contributed by atoms with Gasteiger partial charge in [-0.3, -0.25) is 0 Å². The summed E-state index contributed by atoms with van der Waals surface area (Å²) in [5.74, 6) is 0.665. The zero-order chi connectivity index (χ0) is 16.2. The molecule has 0 amide bonds. The third-order valence-electron chi connectivity index (χ3n) is 3.86. The quantitative estimate of drug-likeness (QED) is 0.425. The number of nitrogens with zero attached hydrogens (tertiary/aromatic N) is 1. The van der Waals surface area contributed by atoms with Gasteiger partial charge in [-0.15, -0.1) is 35.4 Å². The number of hydrogen-bond donors (Lipinski definition) is 0. The van der Waals surface area contributed by atoms with Gasteiger partial charge in [-0.2, -0.15) is 0 Å². The molecule has 0 saturated carbocycles. The van der Waals surface area contributed by atoms with Crippen molar-refractivity contribution < 1.29 is 20.1 Å². The Morgan fingerprint density at radius 1 is 1.00 bits per heavy atom. The maximum Gasteiger partial charge on any atom is 0.0160 e. The molecular weight excluding hydrogens is 470 g/mol. The molecule has 0 aliphatic rings. The van der Waals surface area contributed by atoms with Crippen LogP contribution in [0.15, 0.2) is 60.8 Å². The van der Waals surface area contributed by atoms with Crippen LogP contribution in [0.5, 0.6) is 0 Å². The van der Waals surface area contributed by atoms with E-state index < -0.39 is 0 Å². The molecule has 1 aromatic heterocycles. The van der Waals surface area contributed by atoms with E-state index in [9.17, 15) is 0 Å². The molecule has 0 atom stereocenters. The van der Waals surface area contributed by atoms with Crippen LogP contribution in [-0.4, -0.2) is 4.98 Å². The number of aromatic nitrogens is 1. The molecule has 125 valence electrons. The molecule has 3 rings (SSSR count). The molecule has 0 aliphatic carbocycles. The van der Waals surface area contributed by atoms with Gasteiger partial charge in [-0.1, -0.05) is 49.7 Å². The van der Waals surface area contributed by atoms with Crippen molar-refractivity contribution >= 4 is 0 Å². The van der Waals surface area contributed by atoms with Crippen LogP contribution in [0.3, 0.4) is 0 Å². The van der Waals surface area contributed by atoms with Crippen molar-refractivity contribution in [2.45, 2.75) is 27.2 Å². The number of pyridine rings is 1. The second-order valence-corrected chi connectivity index (χ2v) is 6.51. The summed E-state index contributed by atoms with van der Waals surface area (Å²) in [6.07, 6.45) is 2.93. The van der Waals surface area contributed by atoms with Crippen LogP contribution in [0.2, 0.25) is 0 Å². The van der Waals surface area contributed by atoms with Gasteiger partial charge in [0.1, 0.15) is 0 Å². The largest absolute Gasteiger partial charge is 0.305 e. The predicted octanol–water partition coefficient (Wildman–Crippen LogP) is 5.72. The predicted molar refractivity (Wildman–Crippen MR) is 97.2 cm³/mol. The van der Waals surface area contributed by atoms with Gasteiger partial charge in [-0.25, -0.2) is 0 Å². The Hall–Kier alpha value is -1.76. The summed E-state index contributed by atoms with van der Waals surface area (Å²) in [6, 6.07) is 22.4. The molecule has 2 aromatic carbocycles. The fraction of sp³-hybridized carbons (Fsp3) is 0.227. The van der Waals surface area contributed by atoms with Crippen molar-refractivity contribution in [1.82, 2.24) is 4.98 Å². The molecule has 2 heteroatoms. The van der Waals surface area contributed by atoms with Crippen LogP contribution in [0.1, 0.15) is 25.0 Å². The molecule has 0 bridgehead atoms. The van der Waals surface area contributed by atoms with Crippen molar-refractivity contribution in [2.75, 3.05) is 0 Å². The molecule has 3 aromatic rings. The molecule has 0 aliphatic heterocycles. The molecule has 0 fully saturated rings. The van der Waals surface area contributed by atoms with Crippen LogP contribution in [0.25, 0.3) is 22.4 Å². The molecule has 24 heavy (non-hydrogen) atoms. The van der Waals surface area contributed by atoms with Crippen LogP contribution in [0.4, 0.5) is 0 Å². The monoisotopic (exact) mass is 493 g/mol. The van der Waals surface area contributed by atoms with Gasteiger partial charge in [-0.05, 0) is 42.1 Å². The Bertz CT molecular complexity index is 794. The summed E-state index contributed by atoms with van der Waals surface area (Å²) in [5, 5.41) is 0. The van der Waals surface area contributed by atoms with Gasteiger partial charge in [0.25, 0.3) is 0 Å². The summed E-state index contributed by atoms with van der Waals surface area (Å²) in [6.45, 7) is 6.69. The Morgan fingerprint density at radius 3 is 2.54 bits per heavy atom. The molecule has 1 heterocycles. The second-order valence-electron chi connectivity index (χ2n) is 6.51. The number of hydrogen-bond acceptors (Lipinski definition) is 1. The Kier molecular flexibility index (Phi) is 6.48. The van der Waals surface area contributed by atoms with Gasteiger partial charge in [0.05, 0.1) is 0 Å². The van der Waals surface area contributed by atoms with E-state index in [-0.39, 0.29) is 20.1 Å². The number of aryl methyl sites for hydroxylation is 1. The van der Waals surface area contributed by atoms with E-state index in [1.807, 2.05) is 30.5 Å². The van der Waals surface area contributed by atoms with Crippen LogP contribution in [0, 0.1) is 18.9 Å². The number of benzene rings is 2. The summed E-state index contributed by atoms with van der Waals surface area (Å²) >= 11 is 0. The zero-order valence-electron chi connectivity index (χ0n) is 14.3. The van der Waals surface area contributed by atoms with E-state index in [4.69, 9.17) is 0 Å². The Balaban J connectivity index is 0.00000208. The minimum Gasteiger partial charge on any atom is -0.305 e. The Morgan fingerprint density at radius 2 is 1.83 bits per heavy atom. The first kappa shape index (κ1) is 18.6. The standard InChI is InChI=1S/C22H22N.Ir/c1-16(2)11-18-12-17(3)13-21(14-18)19-7-6-8-20(15-19)22-9-4-5-10-23-22;/h4-7,9-10,12-16H,11H2,1-3H3;/q-1;. The van der Waals surface area contributed by atoms with E-state index in [1.165, 1.54) is 22.3 Å². The normalized spacial score (nSPS) is 10.5. The van der Waals surface area contributed by atoms with E-state index in [0.29, 0.717) is 5.92 Å². The van der Waals surface area contributed by atoms with Gasteiger partial charge >= 0.3 is 0 Å². The maximum absolute atomic E-state index is 4.43. The number of rotatable bonds is 4. The first-order valence-corrected chi connectivity index (χ1v) is 8.16. The Labute approximate surface area is 158 Å². The minimum absolute atomic E-state index is 0. The average molecular weight is 493 g/mol. The molecule has 0 spiro atoms. The zero-order valence-corrected chi connectivity index (χ0v) is 16.7. The first-order valence-electron chi connectivity index (χ1n) is 8.16. The molecule has 1 radical (unpaired) electrons. The molecule has 0 N–H and O–H groups in total. The molecule has 0 saturated heterocycles. The summed E-state index contributed by atoms with van der Waals surface area (Å²) in [4.78, 5) is 4.43. The summed E-state index contributed by atoms with van der Waals surface area (Å²) in [7, 11) is 0. The van der Waals surface area contributed by atoms with Crippen molar-refractivity contribution in [3.05, 3.63) is 78.0 Å². The van der Waals surface area contributed by atoms with Crippen LogP contribution in [-0.2, 0) is 26.5 Å². The molecule has 0 unspecified atom stereocenters. The maximum atomic E-state index is 4.43. The van der Waals surface area contributed by atoms with Crippen LogP contribution < -0.4 is 0 Å². The van der Waals surface area contributed by atoms with E-state index in [1.54, 1.807) is 0 Å². The van der Waals surface area contributed by atoms with Crippen LogP contribution >= 0.6 is 0 Å². The van der Waals surface area contributed by atoms with Crippen molar-refractivity contribution in [3.8, 4) is 22.4 Å². The van der Waals surface area contributed by atoms with E-state index in [0.717, 1.165) is 17.7 Å². The summed E-state index contributed by atoms with van der Waals surface area (Å²) in [5.41, 5.74) is 7.21. The topological polar surface area (TPSA) is 12.9 Å². The summed E-state index contributed by atoms with van der Waals surface area (Å²) < 4.78 is 0. The fourth-order valence-corrected chi connectivity index (χ4v) is 2.93. The third-order valence-corrected chi connectivity index (χ3v) is 3.86. The SMILES string of the molecule is Cc1cc(CC(C)C)cc(-c2cc[c-]c(-c3ccccn3)c2)c1.[Ir]. The van der Waals surface area contributed by atoms with Crippen molar-refractivity contribution in [2.24, 2.45) is 5.92 Å². The molecular formula is C22H22IrN-. The average Bonchev–Trinajstić information content (AvgIpc) is 2.55. The van der Waals surface area contributed by atoms with Crippen molar-refractivity contribution in [3.63, 3.8) is 0 Å². The van der Waals surface area contributed by atoms with E-state index in [2.05, 4.69) is 62.2 Å². The van der Waals surface area contributed by atoms with Crippen molar-refractivity contribution in [1.29, 1.82) is 0 Å². The smallest absolute Gasteiger partial charge is 0.0160 e. The van der Waals surface area contributed by atoms with E-state index >= 15 is 0 Å². The van der Waals surface area contributed by atoms with Gasteiger partial charge in [0.2, 0.25) is 0 Å². The van der Waals surface area contributed by atoms with Gasteiger partial charge in [0.15, 0.2) is 0 Å². The third kappa shape index (κ3) is 4.63. The second kappa shape index (κ2) is 8.37. The van der Waals surface area contributed by atoms with Gasteiger partial charge < -0.3 is 4.98 Å². The molecule has 1 nitrogen and oxygen atoms in total. The fourth-order valence-electron chi connectivity index (χ4n) is 2.93. The van der Waals surface area contributed by atoms with Gasteiger partial charge in [0, 0.05) is 26.3 Å².